The first-order valence-corrected chi connectivity index (χ1v) is 10.6. The fraction of sp³-hybridized carbons (Fsp3) is 0.556. The van der Waals surface area contributed by atoms with Gasteiger partial charge in [-0.25, -0.2) is 0 Å². The number of likely N-dealkylation sites (tertiary alicyclic amines) is 1. The number of sulfonamides is 1. The van der Waals surface area contributed by atoms with Crippen molar-refractivity contribution >= 4 is 21.8 Å². The van der Waals surface area contributed by atoms with Crippen molar-refractivity contribution in [2.75, 3.05) is 13.1 Å². The van der Waals surface area contributed by atoms with E-state index in [2.05, 4.69) is 16.6 Å². The van der Waals surface area contributed by atoms with Crippen molar-refractivity contribution in [2.24, 2.45) is 10.1 Å². The second-order valence-corrected chi connectivity index (χ2v) is 8.39. The van der Waals surface area contributed by atoms with Crippen molar-refractivity contribution in [3.63, 3.8) is 0 Å². The highest BCUT2D eigenvalue weighted by Gasteiger charge is 2.39. The number of nitrogens with two attached hydrogens (primary N) is 1. The van der Waals surface area contributed by atoms with E-state index in [9.17, 15) is 13.2 Å². The van der Waals surface area contributed by atoms with Gasteiger partial charge in [0, 0.05) is 24.7 Å². The monoisotopic (exact) mass is 378 g/mol. The molecular formula is C18H26N4O3S. The minimum Gasteiger partial charge on any atom is -0.350 e. The maximum atomic E-state index is 12.8. The molecule has 8 heteroatoms. The maximum absolute atomic E-state index is 12.8. The second kappa shape index (κ2) is 7.75. The molecule has 3 N–H and O–H groups in total. The Morgan fingerprint density at radius 1 is 1.42 bits per heavy atom. The van der Waals surface area contributed by atoms with Crippen LogP contribution >= 0.6 is 0 Å². The van der Waals surface area contributed by atoms with E-state index in [4.69, 9.17) is 5.73 Å². The average Bonchev–Trinajstić information content (AvgIpc) is 3.21. The molecule has 1 aromatic carbocycles. The van der Waals surface area contributed by atoms with Crippen molar-refractivity contribution in [3.05, 3.63) is 29.8 Å². The molecular weight excluding hydrogens is 352 g/mol. The molecule has 26 heavy (non-hydrogen) atoms. The number of nitrogens with zero attached hydrogens (tertiary/aromatic N) is 2. The van der Waals surface area contributed by atoms with Crippen LogP contribution in [-0.4, -0.2) is 50.2 Å². The molecule has 2 aliphatic rings. The molecule has 2 heterocycles. The normalized spacial score (nSPS) is 22.0. The predicted octanol–water partition coefficient (Wildman–Crippen LogP) is 1.23. The van der Waals surface area contributed by atoms with Crippen LogP contribution in [0.15, 0.2) is 33.6 Å². The van der Waals surface area contributed by atoms with Crippen LogP contribution in [0.2, 0.25) is 0 Å². The van der Waals surface area contributed by atoms with Gasteiger partial charge in [0.25, 0.3) is 10.0 Å². The van der Waals surface area contributed by atoms with Crippen molar-refractivity contribution in [3.8, 4) is 0 Å². The quantitative estimate of drug-likeness (QED) is 0.775. The van der Waals surface area contributed by atoms with Gasteiger partial charge in [-0.15, -0.1) is 4.40 Å². The molecule has 0 saturated carbocycles. The lowest BCUT2D eigenvalue weighted by molar-refractivity contribution is -0.125. The Morgan fingerprint density at radius 2 is 2.19 bits per heavy atom. The van der Waals surface area contributed by atoms with E-state index in [0.29, 0.717) is 30.9 Å². The summed E-state index contributed by atoms with van der Waals surface area (Å²) in [5, 5.41) is 3.03. The number of amides is 1. The molecule has 1 saturated heterocycles. The van der Waals surface area contributed by atoms with Gasteiger partial charge in [0.05, 0.1) is 0 Å². The summed E-state index contributed by atoms with van der Waals surface area (Å²) in [6, 6.07) is 6.31. The van der Waals surface area contributed by atoms with Crippen molar-refractivity contribution in [2.45, 2.75) is 56.0 Å². The van der Waals surface area contributed by atoms with Crippen LogP contribution in [0.1, 0.15) is 44.6 Å². The van der Waals surface area contributed by atoms with Crippen LogP contribution in [0.3, 0.4) is 0 Å². The molecule has 7 nitrogen and oxygen atoms in total. The third-order valence-electron chi connectivity index (χ3n) is 4.98. The Balaban J connectivity index is 1.80. The molecule has 1 aromatic rings. The zero-order chi connectivity index (χ0) is 18.7. The number of fused-ring (bicyclic) bond motifs is 1. The number of nitrogens with one attached hydrogen (secondary N) is 1. The number of carbonyl (C=O) groups excluding carboxylic acids is 1. The number of unbranched alkanes of at least 4 members (excludes halogenated alkanes) is 1. The van der Waals surface area contributed by atoms with Gasteiger partial charge < -0.3 is 16.0 Å². The standard InChI is InChI=1S/C18H26N4O3S/c1-2-3-7-13(12-19)20-18(23)15-9-6-11-22(15)17-14-8-4-5-10-16(14)26(24,25)21-17/h4-5,8,10,13,15H,2-3,6-7,9,11-12,19H2,1H3,(H,20,23). The molecule has 2 atom stereocenters. The topological polar surface area (TPSA) is 105 Å². The van der Waals surface area contributed by atoms with E-state index in [0.717, 1.165) is 25.7 Å². The van der Waals surface area contributed by atoms with Crippen molar-refractivity contribution < 1.29 is 13.2 Å². The Hall–Kier alpha value is -1.93. The van der Waals surface area contributed by atoms with Gasteiger partial charge in [-0.3, -0.25) is 4.79 Å². The zero-order valence-electron chi connectivity index (χ0n) is 15.0. The van der Waals surface area contributed by atoms with Gasteiger partial charge in [0.2, 0.25) is 5.91 Å². The molecule has 0 radical (unpaired) electrons. The molecule has 0 bridgehead atoms. The molecule has 3 rings (SSSR count). The minimum absolute atomic E-state index is 0.0496. The summed E-state index contributed by atoms with van der Waals surface area (Å²) in [4.78, 5) is 14.8. The van der Waals surface area contributed by atoms with Gasteiger partial charge >= 0.3 is 0 Å². The van der Waals surface area contributed by atoms with E-state index >= 15 is 0 Å². The average molecular weight is 378 g/mol. The Kier molecular flexibility index (Phi) is 5.62. The molecule has 2 aliphatic heterocycles. The van der Waals surface area contributed by atoms with E-state index < -0.39 is 16.1 Å². The third kappa shape index (κ3) is 3.61. The molecule has 0 aromatic heterocycles. The van der Waals surface area contributed by atoms with Crippen molar-refractivity contribution in [1.29, 1.82) is 0 Å². The number of carbonyl (C=O) groups is 1. The van der Waals surface area contributed by atoms with Crippen LogP contribution in [-0.2, 0) is 14.8 Å². The van der Waals surface area contributed by atoms with E-state index in [-0.39, 0.29) is 16.8 Å². The van der Waals surface area contributed by atoms with E-state index in [1.165, 1.54) is 0 Å². The highest BCUT2D eigenvalue weighted by Crippen LogP contribution is 2.31. The summed E-state index contributed by atoms with van der Waals surface area (Å²) in [7, 11) is -3.69. The summed E-state index contributed by atoms with van der Waals surface area (Å²) >= 11 is 0. The summed E-state index contributed by atoms with van der Waals surface area (Å²) in [6.45, 7) is 3.11. The zero-order valence-corrected chi connectivity index (χ0v) is 15.8. The van der Waals surface area contributed by atoms with Crippen molar-refractivity contribution in [1.82, 2.24) is 10.2 Å². The van der Waals surface area contributed by atoms with Crippen LogP contribution in [0.4, 0.5) is 0 Å². The summed E-state index contributed by atoms with van der Waals surface area (Å²) < 4.78 is 28.6. The molecule has 0 aliphatic carbocycles. The smallest absolute Gasteiger partial charge is 0.285 e. The Morgan fingerprint density at radius 3 is 2.92 bits per heavy atom. The lowest BCUT2D eigenvalue weighted by Crippen LogP contribution is -2.50. The highest BCUT2D eigenvalue weighted by atomic mass is 32.2. The SMILES string of the molecule is CCCCC(CN)NC(=O)C1CCCN1C1=NS(=O)(=O)c2ccccc21. The van der Waals surface area contributed by atoms with Gasteiger partial charge in [-0.1, -0.05) is 31.9 Å². The number of benzene rings is 1. The van der Waals surface area contributed by atoms with Crippen LogP contribution in [0.5, 0.6) is 0 Å². The minimum atomic E-state index is -3.69. The van der Waals surface area contributed by atoms with Gasteiger partial charge in [-0.2, -0.15) is 8.42 Å². The second-order valence-electron chi connectivity index (χ2n) is 6.82. The van der Waals surface area contributed by atoms with E-state index in [1.54, 1.807) is 24.3 Å². The van der Waals surface area contributed by atoms with E-state index in [1.807, 2.05) is 4.90 Å². The Bertz CT molecular complexity index is 806. The van der Waals surface area contributed by atoms with Gasteiger partial charge in [0.1, 0.15) is 10.9 Å². The first-order chi connectivity index (χ1) is 12.5. The molecule has 2 unspecified atom stereocenters. The molecule has 1 fully saturated rings. The summed E-state index contributed by atoms with van der Waals surface area (Å²) in [5.74, 6) is 0.287. The third-order valence-corrected chi connectivity index (χ3v) is 6.30. The first kappa shape index (κ1) is 18.8. The first-order valence-electron chi connectivity index (χ1n) is 9.19. The summed E-state index contributed by atoms with van der Waals surface area (Å²) in [5.41, 5.74) is 6.36. The largest absolute Gasteiger partial charge is 0.350 e. The lowest BCUT2D eigenvalue weighted by Gasteiger charge is -2.27. The van der Waals surface area contributed by atoms with Gasteiger partial charge in [-0.05, 0) is 31.4 Å². The molecule has 1 amide bonds. The lowest BCUT2D eigenvalue weighted by atomic mass is 10.1. The number of rotatable bonds is 6. The molecule has 0 spiro atoms. The number of hydrogen-bond acceptors (Lipinski definition) is 5. The predicted molar refractivity (Wildman–Crippen MR) is 100 cm³/mol. The Labute approximate surface area is 154 Å². The fourth-order valence-corrected chi connectivity index (χ4v) is 4.80. The number of amidine groups is 1. The molecule has 142 valence electrons. The van der Waals surface area contributed by atoms with Crippen LogP contribution in [0, 0.1) is 0 Å². The number of hydrogen-bond donors (Lipinski definition) is 2. The fourth-order valence-electron chi connectivity index (χ4n) is 3.59. The van der Waals surface area contributed by atoms with Gasteiger partial charge in [0.15, 0.2) is 5.84 Å². The van der Waals surface area contributed by atoms with Crippen LogP contribution < -0.4 is 11.1 Å². The maximum Gasteiger partial charge on any atom is 0.285 e. The summed E-state index contributed by atoms with van der Waals surface area (Å²) in [6.07, 6.45) is 4.41. The highest BCUT2D eigenvalue weighted by molar-refractivity contribution is 7.90. The van der Waals surface area contributed by atoms with Crippen LogP contribution in [0.25, 0.3) is 0 Å².